The van der Waals surface area contributed by atoms with Gasteiger partial charge in [0.2, 0.25) is 5.91 Å². The van der Waals surface area contributed by atoms with Gasteiger partial charge in [-0.15, -0.1) is 0 Å². The van der Waals surface area contributed by atoms with Crippen molar-refractivity contribution in [2.24, 2.45) is 5.73 Å². The van der Waals surface area contributed by atoms with Gasteiger partial charge >= 0.3 is 0 Å². The predicted octanol–water partition coefficient (Wildman–Crippen LogP) is -0.0386. The topological polar surface area (TPSA) is 90.6 Å². The summed E-state index contributed by atoms with van der Waals surface area (Å²) in [5.41, 5.74) is 5.49. The zero-order chi connectivity index (χ0) is 13.5. The quantitative estimate of drug-likeness (QED) is 0.693. The van der Waals surface area contributed by atoms with Crippen molar-refractivity contribution in [1.82, 2.24) is 5.32 Å². The fraction of sp³-hybridized carbons (Fsp3) is 0.333. The second kappa shape index (κ2) is 6.61. The molecule has 0 radical (unpaired) electrons. The van der Waals surface area contributed by atoms with Gasteiger partial charge in [0.1, 0.15) is 11.5 Å². The molecule has 0 saturated carbocycles. The number of hydrogen-bond acceptors (Lipinski definition) is 5. The molecule has 0 aliphatic carbocycles. The van der Waals surface area contributed by atoms with Crippen LogP contribution in [0.3, 0.4) is 0 Å². The van der Waals surface area contributed by atoms with Crippen LogP contribution in [0.1, 0.15) is 10.4 Å². The van der Waals surface area contributed by atoms with E-state index in [4.69, 9.17) is 15.2 Å². The summed E-state index contributed by atoms with van der Waals surface area (Å²) in [6, 6.07) is 4.89. The predicted molar refractivity (Wildman–Crippen MR) is 65.9 cm³/mol. The van der Waals surface area contributed by atoms with E-state index in [1.807, 2.05) is 0 Å². The van der Waals surface area contributed by atoms with Crippen LogP contribution in [-0.4, -0.2) is 39.0 Å². The van der Waals surface area contributed by atoms with Crippen molar-refractivity contribution in [2.75, 3.05) is 27.3 Å². The van der Waals surface area contributed by atoms with Gasteiger partial charge in [-0.05, 0) is 18.2 Å². The van der Waals surface area contributed by atoms with Crippen molar-refractivity contribution < 1.29 is 19.1 Å². The number of ether oxygens (including phenoxy) is 2. The molecule has 0 aliphatic heterocycles. The van der Waals surface area contributed by atoms with E-state index in [0.29, 0.717) is 17.1 Å². The molecule has 0 atom stereocenters. The van der Waals surface area contributed by atoms with Gasteiger partial charge in [-0.3, -0.25) is 9.59 Å². The number of Topliss-reactive ketones (excluding diaryl/α,β-unsaturated/α-hetero) is 1. The summed E-state index contributed by atoms with van der Waals surface area (Å²) < 4.78 is 10.1. The number of ketones is 1. The highest BCUT2D eigenvalue weighted by Gasteiger charge is 2.14. The minimum Gasteiger partial charge on any atom is -0.497 e. The van der Waals surface area contributed by atoms with Crippen molar-refractivity contribution in [3.8, 4) is 11.5 Å². The third kappa shape index (κ3) is 3.46. The highest BCUT2D eigenvalue weighted by atomic mass is 16.5. The molecule has 0 aliphatic rings. The molecule has 1 amide bonds. The number of carbonyl (C=O) groups is 2. The third-order valence-corrected chi connectivity index (χ3v) is 2.34. The van der Waals surface area contributed by atoms with E-state index in [2.05, 4.69) is 5.32 Å². The molecule has 3 N–H and O–H groups in total. The van der Waals surface area contributed by atoms with E-state index >= 15 is 0 Å². The van der Waals surface area contributed by atoms with E-state index in [1.54, 1.807) is 18.2 Å². The normalized spacial score (nSPS) is 9.72. The summed E-state index contributed by atoms with van der Waals surface area (Å²) in [6.07, 6.45) is 0. The molecule has 1 rings (SSSR count). The van der Waals surface area contributed by atoms with Crippen LogP contribution in [0.2, 0.25) is 0 Å². The molecular weight excluding hydrogens is 236 g/mol. The first-order valence-electron chi connectivity index (χ1n) is 5.34. The minimum absolute atomic E-state index is 0.125. The molecule has 18 heavy (non-hydrogen) atoms. The molecule has 0 unspecified atom stereocenters. The SMILES string of the molecule is COc1ccc(OC)c(C(=O)CNC(=O)CN)c1. The first kappa shape index (κ1) is 14.0. The molecule has 6 nitrogen and oxygen atoms in total. The molecule has 0 bridgehead atoms. The lowest BCUT2D eigenvalue weighted by atomic mass is 10.1. The van der Waals surface area contributed by atoms with Gasteiger partial charge in [0.25, 0.3) is 0 Å². The van der Waals surface area contributed by atoms with Crippen LogP contribution in [0.25, 0.3) is 0 Å². The van der Waals surface area contributed by atoms with Crippen LogP contribution in [0, 0.1) is 0 Å². The largest absolute Gasteiger partial charge is 0.497 e. The summed E-state index contributed by atoms with van der Waals surface area (Å²) in [6.45, 7) is -0.276. The van der Waals surface area contributed by atoms with Crippen molar-refractivity contribution in [1.29, 1.82) is 0 Å². The summed E-state index contributed by atoms with van der Waals surface area (Å²) in [7, 11) is 2.98. The monoisotopic (exact) mass is 252 g/mol. The lowest BCUT2D eigenvalue weighted by Crippen LogP contribution is -2.34. The van der Waals surface area contributed by atoms with Crippen molar-refractivity contribution in [3.05, 3.63) is 23.8 Å². The second-order valence-corrected chi connectivity index (χ2v) is 3.47. The Kier molecular flexibility index (Phi) is 5.13. The molecule has 0 heterocycles. The number of nitrogens with two attached hydrogens (primary N) is 1. The van der Waals surface area contributed by atoms with Crippen molar-refractivity contribution in [2.45, 2.75) is 0 Å². The standard InChI is InChI=1S/C12H16N2O4/c1-17-8-3-4-11(18-2)9(5-8)10(15)7-14-12(16)6-13/h3-5H,6-7,13H2,1-2H3,(H,14,16). The first-order valence-corrected chi connectivity index (χ1v) is 5.34. The number of benzene rings is 1. The molecule has 0 fully saturated rings. The Labute approximate surface area is 105 Å². The Morgan fingerprint density at radius 1 is 1.28 bits per heavy atom. The minimum atomic E-state index is -0.384. The Bertz CT molecular complexity index is 446. The number of rotatable bonds is 6. The molecule has 1 aromatic rings. The molecular formula is C12H16N2O4. The van der Waals surface area contributed by atoms with Crippen molar-refractivity contribution >= 4 is 11.7 Å². The summed E-state index contributed by atoms with van der Waals surface area (Å²) >= 11 is 0. The summed E-state index contributed by atoms with van der Waals surface area (Å²) in [4.78, 5) is 22.9. The Balaban J connectivity index is 2.85. The van der Waals surface area contributed by atoms with Crippen LogP contribution in [0.4, 0.5) is 0 Å². The summed E-state index contributed by atoms with van der Waals surface area (Å²) in [5.74, 6) is 0.324. The van der Waals surface area contributed by atoms with Crippen LogP contribution in [0.5, 0.6) is 11.5 Å². The second-order valence-electron chi connectivity index (χ2n) is 3.47. The summed E-state index contributed by atoms with van der Waals surface area (Å²) in [5, 5.41) is 2.41. The fourth-order valence-corrected chi connectivity index (χ4v) is 1.38. The van der Waals surface area contributed by atoms with Gasteiger partial charge in [-0.25, -0.2) is 0 Å². The lowest BCUT2D eigenvalue weighted by molar-refractivity contribution is -0.119. The van der Waals surface area contributed by atoms with Gasteiger partial charge in [0, 0.05) is 0 Å². The number of carbonyl (C=O) groups excluding carboxylic acids is 2. The number of amides is 1. The van der Waals surface area contributed by atoms with Gasteiger partial charge in [0.15, 0.2) is 5.78 Å². The molecule has 6 heteroatoms. The van der Waals surface area contributed by atoms with E-state index in [0.717, 1.165) is 0 Å². The molecule has 0 aromatic heterocycles. The average Bonchev–Trinajstić information content (AvgIpc) is 2.43. The number of methoxy groups -OCH3 is 2. The highest BCUT2D eigenvalue weighted by Crippen LogP contribution is 2.24. The van der Waals surface area contributed by atoms with Crippen LogP contribution < -0.4 is 20.5 Å². The Hall–Kier alpha value is -2.08. The van der Waals surface area contributed by atoms with Crippen LogP contribution in [-0.2, 0) is 4.79 Å². The van der Waals surface area contributed by atoms with E-state index in [9.17, 15) is 9.59 Å². The van der Waals surface area contributed by atoms with Gasteiger partial charge in [-0.1, -0.05) is 0 Å². The smallest absolute Gasteiger partial charge is 0.234 e. The third-order valence-electron chi connectivity index (χ3n) is 2.34. The number of nitrogens with one attached hydrogen (secondary N) is 1. The maximum absolute atomic E-state index is 11.9. The Morgan fingerprint density at radius 2 is 2.00 bits per heavy atom. The van der Waals surface area contributed by atoms with Crippen molar-refractivity contribution in [3.63, 3.8) is 0 Å². The molecule has 0 saturated heterocycles. The van der Waals surface area contributed by atoms with Crippen LogP contribution in [0.15, 0.2) is 18.2 Å². The van der Waals surface area contributed by atoms with Gasteiger partial charge in [0.05, 0.1) is 32.9 Å². The molecule has 1 aromatic carbocycles. The van der Waals surface area contributed by atoms with E-state index in [-0.39, 0.29) is 24.8 Å². The zero-order valence-electron chi connectivity index (χ0n) is 10.4. The maximum Gasteiger partial charge on any atom is 0.234 e. The van der Waals surface area contributed by atoms with E-state index < -0.39 is 0 Å². The maximum atomic E-state index is 11.9. The zero-order valence-corrected chi connectivity index (χ0v) is 10.4. The van der Waals surface area contributed by atoms with Gasteiger partial charge in [-0.2, -0.15) is 0 Å². The number of hydrogen-bond donors (Lipinski definition) is 2. The average molecular weight is 252 g/mol. The van der Waals surface area contributed by atoms with Crippen LogP contribution >= 0.6 is 0 Å². The first-order chi connectivity index (χ1) is 8.62. The highest BCUT2D eigenvalue weighted by molar-refractivity contribution is 6.02. The Morgan fingerprint density at radius 3 is 2.56 bits per heavy atom. The molecule has 98 valence electrons. The fourth-order valence-electron chi connectivity index (χ4n) is 1.38. The van der Waals surface area contributed by atoms with Gasteiger partial charge < -0.3 is 20.5 Å². The lowest BCUT2D eigenvalue weighted by Gasteiger charge is -2.10. The molecule has 0 spiro atoms. The van der Waals surface area contributed by atoms with E-state index in [1.165, 1.54) is 14.2 Å².